The number of hydrogen-bond acceptors (Lipinski definition) is 2. The van der Waals surface area contributed by atoms with E-state index in [0.29, 0.717) is 12.0 Å². The highest BCUT2D eigenvalue weighted by Crippen LogP contribution is 2.56. The van der Waals surface area contributed by atoms with Crippen molar-refractivity contribution in [3.05, 3.63) is 76.9 Å². The van der Waals surface area contributed by atoms with Gasteiger partial charge in [0.05, 0.1) is 5.56 Å². The van der Waals surface area contributed by atoms with Crippen molar-refractivity contribution in [3.8, 4) is 5.75 Å². The van der Waals surface area contributed by atoms with E-state index in [2.05, 4.69) is 6.58 Å². The molecule has 29 heavy (non-hydrogen) atoms. The fraction of sp³-hybridized carbons (Fsp3) is 0.364. The van der Waals surface area contributed by atoms with E-state index in [9.17, 15) is 27.1 Å². The molecule has 2 aliphatic rings. The van der Waals surface area contributed by atoms with Gasteiger partial charge < -0.3 is 9.84 Å². The second kappa shape index (κ2) is 6.55. The number of hydrogen-bond donors (Lipinski definition) is 1. The topological polar surface area (TPSA) is 29.5 Å². The average Bonchev–Trinajstić information content (AvgIpc) is 2.64. The number of halogens is 5. The van der Waals surface area contributed by atoms with Gasteiger partial charge in [-0.05, 0) is 49.1 Å². The van der Waals surface area contributed by atoms with Gasteiger partial charge in [-0.1, -0.05) is 24.3 Å². The molecular weight excluding hydrogens is 391 g/mol. The highest BCUT2D eigenvalue weighted by molar-refractivity contribution is 5.49. The maximum Gasteiger partial charge on any atom is 0.416 e. The van der Waals surface area contributed by atoms with E-state index < -0.39 is 34.4 Å². The normalized spacial score (nSPS) is 26.5. The molecule has 0 aromatic heterocycles. The lowest BCUT2D eigenvalue weighted by molar-refractivity contribution is -0.137. The summed E-state index contributed by atoms with van der Waals surface area (Å²) in [4.78, 5) is 0. The molecule has 2 aromatic rings. The van der Waals surface area contributed by atoms with E-state index in [-0.39, 0.29) is 37.2 Å². The van der Waals surface area contributed by atoms with Crippen LogP contribution in [-0.4, -0.2) is 17.3 Å². The van der Waals surface area contributed by atoms with Crippen LogP contribution in [0.1, 0.15) is 36.0 Å². The molecule has 1 saturated carbocycles. The maximum absolute atomic E-state index is 14.9. The molecule has 0 radical (unpaired) electrons. The van der Waals surface area contributed by atoms with Crippen LogP contribution in [0.3, 0.4) is 0 Å². The zero-order valence-corrected chi connectivity index (χ0v) is 15.5. The van der Waals surface area contributed by atoms with Crippen LogP contribution in [0.25, 0.3) is 0 Å². The molecule has 1 heterocycles. The monoisotopic (exact) mass is 410 g/mol. The minimum absolute atomic E-state index is 0.0473. The Bertz CT molecular complexity index is 966. The lowest BCUT2D eigenvalue weighted by Crippen LogP contribution is -2.61. The molecule has 0 spiro atoms. The van der Waals surface area contributed by atoms with E-state index in [4.69, 9.17) is 4.74 Å². The Hall–Kier alpha value is -2.41. The summed E-state index contributed by atoms with van der Waals surface area (Å²) in [6.07, 6.45) is -3.52. The highest BCUT2D eigenvalue weighted by atomic mass is 19.4. The Kier molecular flexibility index (Phi) is 4.49. The van der Waals surface area contributed by atoms with Crippen molar-refractivity contribution in [2.75, 3.05) is 6.61 Å². The summed E-state index contributed by atoms with van der Waals surface area (Å²) in [5.74, 6) is -1.69. The van der Waals surface area contributed by atoms with Gasteiger partial charge in [0, 0.05) is 17.4 Å². The van der Waals surface area contributed by atoms with Crippen LogP contribution < -0.4 is 4.74 Å². The molecule has 0 bridgehead atoms. The summed E-state index contributed by atoms with van der Waals surface area (Å²) in [6, 6.07) is 6.48. The molecule has 0 unspecified atom stereocenters. The first kappa shape index (κ1) is 19.9. The van der Waals surface area contributed by atoms with Crippen molar-refractivity contribution in [1.82, 2.24) is 0 Å². The van der Waals surface area contributed by atoms with Crippen molar-refractivity contribution in [1.29, 1.82) is 0 Å². The van der Waals surface area contributed by atoms with Crippen LogP contribution in [0, 0.1) is 11.6 Å². The van der Waals surface area contributed by atoms with E-state index >= 15 is 0 Å². The molecule has 4 rings (SSSR count). The summed E-state index contributed by atoms with van der Waals surface area (Å²) in [7, 11) is 0. The summed E-state index contributed by atoms with van der Waals surface area (Å²) < 4.78 is 73.4. The van der Waals surface area contributed by atoms with Gasteiger partial charge in [0.15, 0.2) is 11.6 Å². The zero-order chi connectivity index (χ0) is 21.0. The third-order valence-electron chi connectivity index (χ3n) is 6.12. The summed E-state index contributed by atoms with van der Waals surface area (Å²) in [5, 5.41) is 11.5. The molecule has 1 aliphatic heterocycles. The zero-order valence-electron chi connectivity index (χ0n) is 15.5. The number of rotatable bonds is 2. The number of aliphatic hydroxyl groups is 1. The van der Waals surface area contributed by atoms with E-state index in [1.165, 1.54) is 12.1 Å². The fourth-order valence-electron chi connectivity index (χ4n) is 4.65. The average molecular weight is 410 g/mol. The Balaban J connectivity index is 1.85. The van der Waals surface area contributed by atoms with Crippen LogP contribution in [0.5, 0.6) is 5.75 Å². The molecule has 1 aliphatic carbocycles. The van der Waals surface area contributed by atoms with Crippen molar-refractivity contribution in [2.45, 2.75) is 42.9 Å². The first-order valence-corrected chi connectivity index (χ1v) is 9.22. The smallest absolute Gasteiger partial charge is 0.416 e. The number of benzene rings is 2. The Morgan fingerprint density at radius 3 is 2.34 bits per heavy atom. The van der Waals surface area contributed by atoms with Crippen molar-refractivity contribution in [2.24, 2.45) is 0 Å². The molecule has 2 nitrogen and oxygen atoms in total. The SMILES string of the molecule is C=C1CC[C@@]2(Cc3ccc(C(F)(F)F)cc3)c3c(F)ccc(F)c3OC[C@@]2(O)C1. The van der Waals surface area contributed by atoms with Crippen LogP contribution in [0.4, 0.5) is 22.0 Å². The number of alkyl halides is 3. The molecule has 0 amide bonds. The highest BCUT2D eigenvalue weighted by Gasteiger charge is 2.59. The quantitative estimate of drug-likeness (QED) is 0.536. The van der Waals surface area contributed by atoms with Crippen LogP contribution in [-0.2, 0) is 18.0 Å². The molecule has 2 aromatic carbocycles. The largest absolute Gasteiger partial charge is 0.487 e. The number of ether oxygens (including phenoxy) is 1. The molecule has 0 saturated heterocycles. The minimum atomic E-state index is -4.47. The third-order valence-corrected chi connectivity index (χ3v) is 6.12. The van der Waals surface area contributed by atoms with E-state index in [1.807, 2.05) is 0 Å². The molecule has 1 fully saturated rings. The van der Waals surface area contributed by atoms with E-state index in [0.717, 1.165) is 29.8 Å². The van der Waals surface area contributed by atoms with Crippen molar-refractivity contribution < 1.29 is 31.8 Å². The van der Waals surface area contributed by atoms with Crippen LogP contribution in [0.15, 0.2) is 48.6 Å². The van der Waals surface area contributed by atoms with Crippen molar-refractivity contribution in [3.63, 3.8) is 0 Å². The van der Waals surface area contributed by atoms with Gasteiger partial charge in [0.2, 0.25) is 0 Å². The Morgan fingerprint density at radius 2 is 1.69 bits per heavy atom. The van der Waals surface area contributed by atoms with Crippen LogP contribution in [0.2, 0.25) is 0 Å². The summed E-state index contributed by atoms with van der Waals surface area (Å²) in [6.45, 7) is 3.66. The van der Waals surface area contributed by atoms with Gasteiger partial charge in [-0.2, -0.15) is 13.2 Å². The molecule has 154 valence electrons. The predicted molar refractivity (Wildman–Crippen MR) is 96.6 cm³/mol. The Morgan fingerprint density at radius 1 is 1.03 bits per heavy atom. The molecular formula is C22H19F5O2. The first-order valence-electron chi connectivity index (χ1n) is 9.22. The van der Waals surface area contributed by atoms with Crippen LogP contribution >= 0.6 is 0 Å². The van der Waals surface area contributed by atoms with Gasteiger partial charge in [0.25, 0.3) is 0 Å². The van der Waals surface area contributed by atoms with Gasteiger partial charge in [-0.15, -0.1) is 0 Å². The standard InChI is InChI=1S/C22H19F5O2/c1-13-8-9-20(11-14-2-4-15(5-3-14)22(25,26)27)18-16(23)6-7-17(24)19(18)29-12-21(20,28)10-13/h2-7,28H,1,8-12H2/t20-,21+/m1/s1. The minimum Gasteiger partial charge on any atom is -0.487 e. The predicted octanol–water partition coefficient (Wildman–Crippen LogP) is 5.33. The lowest BCUT2D eigenvalue weighted by Gasteiger charge is -2.54. The van der Waals surface area contributed by atoms with Crippen molar-refractivity contribution >= 4 is 0 Å². The second-order valence-corrected chi connectivity index (χ2v) is 7.93. The molecule has 2 atom stereocenters. The fourth-order valence-corrected chi connectivity index (χ4v) is 4.65. The van der Waals surface area contributed by atoms with Gasteiger partial charge in [0.1, 0.15) is 18.0 Å². The summed E-state index contributed by atoms with van der Waals surface area (Å²) in [5.41, 5.74) is -2.39. The van der Waals surface area contributed by atoms with Gasteiger partial charge in [-0.25, -0.2) is 8.78 Å². The summed E-state index contributed by atoms with van der Waals surface area (Å²) >= 11 is 0. The number of fused-ring (bicyclic) bond motifs is 3. The van der Waals surface area contributed by atoms with Gasteiger partial charge in [-0.3, -0.25) is 0 Å². The Labute approximate surface area is 164 Å². The molecule has 7 heteroatoms. The second-order valence-electron chi connectivity index (χ2n) is 7.93. The molecule has 1 N–H and O–H groups in total. The van der Waals surface area contributed by atoms with Gasteiger partial charge >= 0.3 is 6.18 Å². The lowest BCUT2D eigenvalue weighted by atomic mass is 9.55. The third kappa shape index (κ3) is 3.12. The first-order chi connectivity index (χ1) is 13.6. The maximum atomic E-state index is 14.9. The van der Waals surface area contributed by atoms with E-state index in [1.54, 1.807) is 0 Å².